The van der Waals surface area contributed by atoms with E-state index < -0.39 is 5.82 Å². The molecule has 0 radical (unpaired) electrons. The van der Waals surface area contributed by atoms with Gasteiger partial charge in [0.25, 0.3) is 0 Å². The van der Waals surface area contributed by atoms with Gasteiger partial charge in [0.05, 0.1) is 5.69 Å². The third-order valence-electron chi connectivity index (χ3n) is 4.31. The average molecular weight is 360 g/mol. The summed E-state index contributed by atoms with van der Waals surface area (Å²) in [6.07, 6.45) is 5.46. The molecule has 0 unspecified atom stereocenters. The summed E-state index contributed by atoms with van der Waals surface area (Å²) in [7, 11) is 0. The summed E-state index contributed by atoms with van der Waals surface area (Å²) in [4.78, 5) is 12.7. The highest BCUT2D eigenvalue weighted by Crippen LogP contribution is 2.24. The van der Waals surface area contributed by atoms with Crippen LogP contribution >= 0.6 is 11.8 Å². The second-order valence-corrected chi connectivity index (χ2v) is 6.98. The van der Waals surface area contributed by atoms with Gasteiger partial charge < -0.3 is 4.74 Å². The summed E-state index contributed by atoms with van der Waals surface area (Å²) in [5, 5.41) is 8.88. The molecule has 0 atom stereocenters. The van der Waals surface area contributed by atoms with E-state index in [-0.39, 0.29) is 11.2 Å². The molecule has 1 aromatic carbocycles. The third-order valence-corrected chi connectivity index (χ3v) is 5.49. The first kappa shape index (κ1) is 16.3. The molecule has 8 heteroatoms. The first-order chi connectivity index (χ1) is 12.2. The van der Waals surface area contributed by atoms with Gasteiger partial charge in [0.2, 0.25) is 5.65 Å². The molecule has 0 aliphatic carbocycles. The summed E-state index contributed by atoms with van der Waals surface area (Å²) in [5.74, 6) is 1.13. The summed E-state index contributed by atoms with van der Waals surface area (Å²) >= 11 is 1.60. The number of benzene rings is 1. The molecule has 1 saturated heterocycles. The van der Waals surface area contributed by atoms with Crippen LogP contribution in [0.3, 0.4) is 0 Å². The van der Waals surface area contributed by atoms with E-state index in [4.69, 9.17) is 4.74 Å². The molecule has 1 aliphatic rings. The van der Waals surface area contributed by atoms with Gasteiger partial charge in [-0.1, -0.05) is 17.8 Å². The second-order valence-electron chi connectivity index (χ2n) is 6.00. The summed E-state index contributed by atoms with van der Waals surface area (Å²) in [6, 6.07) is 5.91. The van der Waals surface area contributed by atoms with Crippen molar-refractivity contribution < 1.29 is 9.13 Å². The van der Waals surface area contributed by atoms with Crippen LogP contribution in [0.15, 0.2) is 46.6 Å². The number of rotatable bonds is 4. The maximum atomic E-state index is 13.4. The fourth-order valence-electron chi connectivity index (χ4n) is 2.90. The van der Waals surface area contributed by atoms with Gasteiger partial charge in [-0.15, -0.1) is 10.2 Å². The lowest BCUT2D eigenvalue weighted by Gasteiger charge is -2.20. The van der Waals surface area contributed by atoms with Crippen LogP contribution in [0.25, 0.3) is 11.3 Å². The number of hydrogen-bond donors (Lipinski definition) is 0. The molecule has 0 amide bonds. The average Bonchev–Trinajstić information content (AvgIpc) is 3.05. The van der Waals surface area contributed by atoms with E-state index in [0.29, 0.717) is 16.8 Å². The zero-order valence-electron chi connectivity index (χ0n) is 13.5. The maximum absolute atomic E-state index is 13.4. The summed E-state index contributed by atoms with van der Waals surface area (Å²) in [6.45, 7) is 1.62. The Kier molecular flexibility index (Phi) is 4.54. The number of ether oxygens (including phenoxy) is 1. The van der Waals surface area contributed by atoms with E-state index in [1.54, 1.807) is 40.7 Å². The van der Waals surface area contributed by atoms with Gasteiger partial charge in [0.15, 0.2) is 5.16 Å². The largest absolute Gasteiger partial charge is 0.381 e. The van der Waals surface area contributed by atoms with Crippen LogP contribution in [0.1, 0.15) is 12.8 Å². The number of thioether (sulfide) groups is 1. The van der Waals surface area contributed by atoms with E-state index in [0.717, 1.165) is 31.8 Å². The Labute approximate surface area is 147 Å². The van der Waals surface area contributed by atoms with Crippen molar-refractivity contribution in [2.24, 2.45) is 5.92 Å². The Morgan fingerprint density at radius 3 is 2.88 bits per heavy atom. The molecule has 0 spiro atoms. The molecular formula is C17H17FN4O2S. The van der Waals surface area contributed by atoms with Crippen molar-refractivity contribution in [3.63, 3.8) is 0 Å². The standard InChI is InChI=1S/C17H17FN4O2S/c18-13-2-1-3-14(10-13)21-6-7-22-15(16(21)23)19-20-17(22)25-11-12-4-8-24-9-5-12/h1-3,6-7,10,12H,4-5,8-9,11H2. The lowest BCUT2D eigenvalue weighted by atomic mass is 10.0. The van der Waals surface area contributed by atoms with Gasteiger partial charge in [-0.25, -0.2) is 4.39 Å². The fraction of sp³-hybridized carbons (Fsp3) is 0.353. The SMILES string of the molecule is O=c1c2nnc(SCC3CCOCC3)n2ccn1-c1cccc(F)c1. The molecule has 25 heavy (non-hydrogen) atoms. The molecule has 0 bridgehead atoms. The molecule has 6 nitrogen and oxygen atoms in total. The van der Waals surface area contributed by atoms with Crippen LogP contribution in [0, 0.1) is 11.7 Å². The number of aromatic nitrogens is 4. The highest BCUT2D eigenvalue weighted by atomic mass is 32.2. The quantitative estimate of drug-likeness (QED) is 0.669. The van der Waals surface area contributed by atoms with Crippen molar-refractivity contribution in [1.82, 2.24) is 19.2 Å². The third kappa shape index (κ3) is 3.32. The normalized spacial score (nSPS) is 15.7. The minimum Gasteiger partial charge on any atom is -0.381 e. The second kappa shape index (κ2) is 6.97. The molecular weight excluding hydrogens is 343 g/mol. The topological polar surface area (TPSA) is 61.4 Å². The highest BCUT2D eigenvalue weighted by molar-refractivity contribution is 7.99. The highest BCUT2D eigenvalue weighted by Gasteiger charge is 2.17. The summed E-state index contributed by atoms with van der Waals surface area (Å²) in [5.41, 5.74) is 0.381. The molecule has 3 heterocycles. The van der Waals surface area contributed by atoms with E-state index in [1.807, 2.05) is 0 Å². The minimum atomic E-state index is -0.390. The molecule has 1 fully saturated rings. The van der Waals surface area contributed by atoms with Crippen LogP contribution < -0.4 is 5.56 Å². The van der Waals surface area contributed by atoms with Gasteiger partial charge in [-0.3, -0.25) is 13.8 Å². The van der Waals surface area contributed by atoms with Crippen molar-refractivity contribution in [3.8, 4) is 5.69 Å². The van der Waals surface area contributed by atoms with Crippen molar-refractivity contribution >= 4 is 17.4 Å². The van der Waals surface area contributed by atoms with Crippen molar-refractivity contribution in [2.75, 3.05) is 19.0 Å². The number of halogens is 1. The zero-order chi connectivity index (χ0) is 17.2. The first-order valence-electron chi connectivity index (χ1n) is 8.15. The Morgan fingerprint density at radius 2 is 2.08 bits per heavy atom. The monoisotopic (exact) mass is 360 g/mol. The zero-order valence-corrected chi connectivity index (χ0v) is 14.3. The Bertz CT molecular complexity index is 949. The first-order valence-corrected chi connectivity index (χ1v) is 9.14. The lowest BCUT2D eigenvalue weighted by Crippen LogP contribution is -2.20. The predicted octanol–water partition coefficient (Wildman–Crippen LogP) is 2.54. The van der Waals surface area contributed by atoms with Crippen LogP contribution in [0.2, 0.25) is 0 Å². The van der Waals surface area contributed by atoms with Gasteiger partial charge >= 0.3 is 5.56 Å². The molecule has 4 rings (SSSR count). The molecule has 1 aliphatic heterocycles. The van der Waals surface area contributed by atoms with Crippen LogP contribution in [0.5, 0.6) is 0 Å². The van der Waals surface area contributed by atoms with Crippen molar-refractivity contribution in [1.29, 1.82) is 0 Å². The molecule has 2 aromatic heterocycles. The Hall–Kier alpha value is -2.19. The van der Waals surface area contributed by atoms with Gasteiger partial charge in [-0.2, -0.15) is 0 Å². The number of hydrogen-bond acceptors (Lipinski definition) is 5. The number of nitrogens with zero attached hydrogens (tertiary/aromatic N) is 4. The Morgan fingerprint density at radius 1 is 1.24 bits per heavy atom. The molecule has 130 valence electrons. The van der Waals surface area contributed by atoms with Gasteiger partial charge in [0, 0.05) is 31.4 Å². The van der Waals surface area contributed by atoms with E-state index >= 15 is 0 Å². The smallest absolute Gasteiger partial charge is 0.300 e. The van der Waals surface area contributed by atoms with Crippen LogP contribution in [-0.4, -0.2) is 38.1 Å². The van der Waals surface area contributed by atoms with E-state index in [2.05, 4.69) is 10.2 Å². The molecule has 0 N–H and O–H groups in total. The van der Waals surface area contributed by atoms with Crippen molar-refractivity contribution in [3.05, 3.63) is 52.8 Å². The maximum Gasteiger partial charge on any atom is 0.300 e. The lowest BCUT2D eigenvalue weighted by molar-refractivity contribution is 0.0728. The summed E-state index contributed by atoms with van der Waals surface area (Å²) < 4.78 is 21.9. The Balaban J connectivity index is 1.62. The predicted molar refractivity (Wildman–Crippen MR) is 92.8 cm³/mol. The fourth-order valence-corrected chi connectivity index (χ4v) is 4.00. The minimum absolute atomic E-state index is 0.237. The van der Waals surface area contributed by atoms with Crippen LogP contribution in [0.4, 0.5) is 4.39 Å². The van der Waals surface area contributed by atoms with Crippen LogP contribution in [-0.2, 0) is 4.74 Å². The molecule has 3 aromatic rings. The van der Waals surface area contributed by atoms with Crippen molar-refractivity contribution in [2.45, 2.75) is 18.0 Å². The molecule has 0 saturated carbocycles. The van der Waals surface area contributed by atoms with Gasteiger partial charge in [0.1, 0.15) is 5.82 Å². The van der Waals surface area contributed by atoms with E-state index in [9.17, 15) is 9.18 Å². The van der Waals surface area contributed by atoms with Gasteiger partial charge in [-0.05, 0) is 37.0 Å². The number of fused-ring (bicyclic) bond motifs is 1. The van der Waals surface area contributed by atoms with E-state index in [1.165, 1.54) is 16.7 Å².